The van der Waals surface area contributed by atoms with Gasteiger partial charge < -0.3 is 15.2 Å². The van der Waals surface area contributed by atoms with E-state index in [2.05, 4.69) is 20.8 Å². The van der Waals surface area contributed by atoms with Crippen molar-refractivity contribution < 1.29 is 9.47 Å². The second-order valence-electron chi connectivity index (χ2n) is 6.73. The molecule has 0 heterocycles. The van der Waals surface area contributed by atoms with Crippen molar-refractivity contribution in [2.24, 2.45) is 11.1 Å². The van der Waals surface area contributed by atoms with Crippen LogP contribution in [0.4, 0.5) is 0 Å². The Morgan fingerprint density at radius 3 is 2.20 bits per heavy atom. The Morgan fingerprint density at radius 1 is 1.10 bits per heavy atom. The van der Waals surface area contributed by atoms with Gasteiger partial charge >= 0.3 is 0 Å². The SMILES string of the molecule is CC(C)Oc1ccc(C(N)COCCC(C)(C)C)cc1. The number of ether oxygens (including phenoxy) is 2. The lowest BCUT2D eigenvalue weighted by Gasteiger charge is -2.19. The van der Waals surface area contributed by atoms with Crippen LogP contribution in [0.15, 0.2) is 24.3 Å². The van der Waals surface area contributed by atoms with Crippen LogP contribution >= 0.6 is 0 Å². The first-order chi connectivity index (χ1) is 9.28. The predicted octanol–water partition coefficient (Wildman–Crippen LogP) is 3.93. The molecule has 1 aromatic carbocycles. The van der Waals surface area contributed by atoms with Gasteiger partial charge in [0.2, 0.25) is 0 Å². The van der Waals surface area contributed by atoms with Crippen LogP contribution < -0.4 is 10.5 Å². The molecule has 1 atom stereocenters. The zero-order chi connectivity index (χ0) is 15.2. The zero-order valence-electron chi connectivity index (χ0n) is 13.5. The molecule has 1 rings (SSSR count). The number of benzene rings is 1. The lowest BCUT2D eigenvalue weighted by atomic mass is 9.93. The van der Waals surface area contributed by atoms with Gasteiger partial charge in [-0.2, -0.15) is 0 Å². The topological polar surface area (TPSA) is 44.5 Å². The summed E-state index contributed by atoms with van der Waals surface area (Å²) in [5.41, 5.74) is 7.52. The van der Waals surface area contributed by atoms with Gasteiger partial charge in [0.05, 0.1) is 18.8 Å². The van der Waals surface area contributed by atoms with Gasteiger partial charge in [-0.3, -0.25) is 0 Å². The summed E-state index contributed by atoms with van der Waals surface area (Å²) >= 11 is 0. The highest BCUT2D eigenvalue weighted by Gasteiger charge is 2.11. The van der Waals surface area contributed by atoms with E-state index in [-0.39, 0.29) is 12.1 Å². The summed E-state index contributed by atoms with van der Waals surface area (Å²) in [6, 6.07) is 7.86. The summed E-state index contributed by atoms with van der Waals surface area (Å²) in [4.78, 5) is 0. The summed E-state index contributed by atoms with van der Waals surface area (Å²) in [7, 11) is 0. The highest BCUT2D eigenvalue weighted by molar-refractivity contribution is 5.29. The molecule has 0 saturated heterocycles. The van der Waals surface area contributed by atoms with Crippen LogP contribution in [-0.2, 0) is 4.74 Å². The van der Waals surface area contributed by atoms with Crippen LogP contribution in [0.2, 0.25) is 0 Å². The van der Waals surface area contributed by atoms with E-state index in [1.807, 2.05) is 38.1 Å². The molecule has 3 heteroatoms. The van der Waals surface area contributed by atoms with E-state index in [0.717, 1.165) is 24.3 Å². The fourth-order valence-corrected chi connectivity index (χ4v) is 1.75. The quantitative estimate of drug-likeness (QED) is 0.769. The lowest BCUT2D eigenvalue weighted by molar-refractivity contribution is 0.0974. The van der Waals surface area contributed by atoms with Crippen molar-refractivity contribution in [1.82, 2.24) is 0 Å². The molecule has 0 aliphatic heterocycles. The molecule has 0 radical (unpaired) electrons. The zero-order valence-corrected chi connectivity index (χ0v) is 13.5. The van der Waals surface area contributed by atoms with E-state index in [0.29, 0.717) is 12.0 Å². The van der Waals surface area contributed by atoms with Crippen molar-refractivity contribution in [2.45, 2.75) is 53.2 Å². The predicted molar refractivity (Wildman–Crippen MR) is 84.0 cm³/mol. The first kappa shape index (κ1) is 17.0. The Hall–Kier alpha value is -1.06. The minimum Gasteiger partial charge on any atom is -0.491 e. The normalized spacial score (nSPS) is 13.6. The Balaban J connectivity index is 2.38. The maximum absolute atomic E-state index is 6.13. The van der Waals surface area contributed by atoms with Gasteiger partial charge in [0, 0.05) is 6.61 Å². The van der Waals surface area contributed by atoms with Crippen LogP contribution in [-0.4, -0.2) is 19.3 Å². The molecule has 1 aromatic rings. The molecule has 20 heavy (non-hydrogen) atoms. The summed E-state index contributed by atoms with van der Waals surface area (Å²) < 4.78 is 11.3. The second kappa shape index (κ2) is 7.65. The summed E-state index contributed by atoms with van der Waals surface area (Å²) in [6.07, 6.45) is 1.23. The van der Waals surface area contributed by atoms with E-state index in [9.17, 15) is 0 Å². The number of hydrogen-bond acceptors (Lipinski definition) is 3. The first-order valence-corrected chi connectivity index (χ1v) is 7.38. The van der Waals surface area contributed by atoms with Gasteiger partial charge in [0.15, 0.2) is 0 Å². The van der Waals surface area contributed by atoms with E-state index in [1.165, 1.54) is 0 Å². The Kier molecular flexibility index (Phi) is 6.50. The Bertz CT molecular complexity index is 379. The van der Waals surface area contributed by atoms with Crippen LogP contribution in [0.1, 0.15) is 52.6 Å². The average molecular weight is 279 g/mol. The maximum Gasteiger partial charge on any atom is 0.119 e. The molecule has 0 fully saturated rings. The summed E-state index contributed by atoms with van der Waals surface area (Å²) in [6.45, 7) is 12.0. The number of nitrogens with two attached hydrogens (primary N) is 1. The van der Waals surface area contributed by atoms with Gasteiger partial charge in [-0.25, -0.2) is 0 Å². The molecule has 2 N–H and O–H groups in total. The van der Waals surface area contributed by atoms with Gasteiger partial charge in [-0.15, -0.1) is 0 Å². The molecule has 0 saturated carbocycles. The first-order valence-electron chi connectivity index (χ1n) is 7.38. The third kappa shape index (κ3) is 6.92. The van der Waals surface area contributed by atoms with Gasteiger partial charge in [0.25, 0.3) is 0 Å². The number of rotatable bonds is 7. The summed E-state index contributed by atoms with van der Waals surface area (Å²) in [5, 5.41) is 0. The van der Waals surface area contributed by atoms with Gasteiger partial charge in [-0.1, -0.05) is 32.9 Å². The average Bonchev–Trinajstić information content (AvgIpc) is 2.33. The largest absolute Gasteiger partial charge is 0.491 e. The third-order valence-electron chi connectivity index (χ3n) is 2.97. The molecular formula is C17H29NO2. The molecule has 0 aliphatic rings. The monoisotopic (exact) mass is 279 g/mol. The van der Waals surface area contributed by atoms with E-state index >= 15 is 0 Å². The van der Waals surface area contributed by atoms with Crippen molar-refractivity contribution >= 4 is 0 Å². The molecule has 0 spiro atoms. The van der Waals surface area contributed by atoms with Crippen LogP contribution in [0, 0.1) is 5.41 Å². The van der Waals surface area contributed by atoms with E-state index in [1.54, 1.807) is 0 Å². The maximum atomic E-state index is 6.13. The van der Waals surface area contributed by atoms with E-state index < -0.39 is 0 Å². The van der Waals surface area contributed by atoms with Crippen LogP contribution in [0.5, 0.6) is 5.75 Å². The second-order valence-corrected chi connectivity index (χ2v) is 6.73. The van der Waals surface area contributed by atoms with Crippen molar-refractivity contribution in [3.05, 3.63) is 29.8 Å². The molecule has 0 aromatic heterocycles. The Labute approximate surface area is 123 Å². The van der Waals surface area contributed by atoms with Crippen molar-refractivity contribution in [2.75, 3.05) is 13.2 Å². The van der Waals surface area contributed by atoms with Gasteiger partial charge in [-0.05, 0) is 43.4 Å². The fourth-order valence-electron chi connectivity index (χ4n) is 1.75. The molecular weight excluding hydrogens is 250 g/mol. The smallest absolute Gasteiger partial charge is 0.119 e. The van der Waals surface area contributed by atoms with Crippen molar-refractivity contribution in [3.8, 4) is 5.75 Å². The molecule has 114 valence electrons. The molecule has 0 amide bonds. The van der Waals surface area contributed by atoms with Crippen molar-refractivity contribution in [3.63, 3.8) is 0 Å². The summed E-state index contributed by atoms with van der Waals surface area (Å²) in [5.74, 6) is 0.879. The molecule has 1 unspecified atom stereocenters. The standard InChI is InChI=1S/C17H29NO2/c1-13(2)20-15-8-6-14(7-9-15)16(18)12-19-11-10-17(3,4)5/h6-9,13,16H,10-12,18H2,1-5H3. The fraction of sp³-hybridized carbons (Fsp3) is 0.647. The Morgan fingerprint density at radius 2 is 1.70 bits per heavy atom. The lowest BCUT2D eigenvalue weighted by Crippen LogP contribution is -2.19. The molecule has 0 aliphatic carbocycles. The minimum atomic E-state index is -0.0805. The van der Waals surface area contributed by atoms with Crippen LogP contribution in [0.25, 0.3) is 0 Å². The highest BCUT2D eigenvalue weighted by Crippen LogP contribution is 2.20. The van der Waals surface area contributed by atoms with E-state index in [4.69, 9.17) is 15.2 Å². The minimum absolute atomic E-state index is 0.0805. The van der Waals surface area contributed by atoms with Gasteiger partial charge in [0.1, 0.15) is 5.75 Å². The molecule has 3 nitrogen and oxygen atoms in total. The highest BCUT2D eigenvalue weighted by atomic mass is 16.5. The van der Waals surface area contributed by atoms with Crippen molar-refractivity contribution in [1.29, 1.82) is 0 Å². The van der Waals surface area contributed by atoms with Crippen LogP contribution in [0.3, 0.4) is 0 Å². The number of hydrogen-bond donors (Lipinski definition) is 1. The third-order valence-corrected chi connectivity index (χ3v) is 2.97. The molecule has 0 bridgehead atoms.